The fourth-order valence-electron chi connectivity index (χ4n) is 1.77. The van der Waals surface area contributed by atoms with Gasteiger partial charge in [0.05, 0.1) is 0 Å². The summed E-state index contributed by atoms with van der Waals surface area (Å²) in [6.07, 6.45) is 8.50. The van der Waals surface area contributed by atoms with Crippen LogP contribution in [-0.4, -0.2) is 11.7 Å². The van der Waals surface area contributed by atoms with Crippen molar-refractivity contribution in [3.63, 3.8) is 0 Å². The molecule has 0 aliphatic heterocycles. The largest absolute Gasteiger partial charge is 0.396 e. The third kappa shape index (κ3) is 6.11. The molecule has 0 radical (unpaired) electrons. The lowest BCUT2D eigenvalue weighted by molar-refractivity contribution is 0.265. The summed E-state index contributed by atoms with van der Waals surface area (Å²) in [5.41, 5.74) is 4.40. The molecule has 0 bridgehead atoms. The molecule has 1 atom stereocenters. The van der Waals surface area contributed by atoms with Gasteiger partial charge < -0.3 is 5.11 Å². The Balaban J connectivity index is 2.55. The molecule has 0 saturated heterocycles. The Labute approximate surface area is 104 Å². The molecule has 0 aliphatic carbocycles. The van der Waals surface area contributed by atoms with E-state index in [1.165, 1.54) is 18.4 Å². The van der Waals surface area contributed by atoms with Gasteiger partial charge >= 0.3 is 0 Å². The van der Waals surface area contributed by atoms with Gasteiger partial charge in [-0.15, -0.1) is 5.73 Å². The van der Waals surface area contributed by atoms with Crippen LogP contribution in [0.3, 0.4) is 0 Å². The highest BCUT2D eigenvalue weighted by atomic mass is 16.3. The Morgan fingerprint density at radius 2 is 2.00 bits per heavy atom. The van der Waals surface area contributed by atoms with Gasteiger partial charge in [0, 0.05) is 6.61 Å². The lowest BCUT2D eigenvalue weighted by atomic mass is 9.99. The molecule has 1 rings (SSSR count). The monoisotopic (exact) mass is 230 g/mol. The maximum absolute atomic E-state index is 8.99. The van der Waals surface area contributed by atoms with Crippen LogP contribution >= 0.6 is 0 Å². The molecule has 0 amide bonds. The Kier molecular flexibility index (Phi) is 7.13. The van der Waals surface area contributed by atoms with Crippen molar-refractivity contribution in [1.29, 1.82) is 0 Å². The molecular formula is C16H22O. The summed E-state index contributed by atoms with van der Waals surface area (Å²) in [4.78, 5) is 0. The van der Waals surface area contributed by atoms with Crippen LogP contribution < -0.4 is 0 Å². The molecule has 0 saturated carbocycles. The molecule has 92 valence electrons. The van der Waals surface area contributed by atoms with Crippen molar-refractivity contribution in [2.24, 2.45) is 5.92 Å². The summed E-state index contributed by atoms with van der Waals surface area (Å²) < 4.78 is 0. The predicted octanol–water partition coefficient (Wildman–Crippen LogP) is 4.04. The molecule has 1 nitrogen and oxygen atoms in total. The Bertz CT molecular complexity index is 347. The highest BCUT2D eigenvalue weighted by Crippen LogP contribution is 2.13. The maximum Gasteiger partial charge on any atom is 0.0436 e. The van der Waals surface area contributed by atoms with Crippen molar-refractivity contribution in [1.82, 2.24) is 0 Å². The molecule has 1 unspecified atom stereocenters. The van der Waals surface area contributed by atoms with Crippen molar-refractivity contribution < 1.29 is 5.11 Å². The minimum atomic E-state index is 0.262. The molecule has 0 aliphatic rings. The van der Waals surface area contributed by atoms with Crippen LogP contribution in [0.4, 0.5) is 0 Å². The highest BCUT2D eigenvalue weighted by molar-refractivity contribution is 5.47. The van der Waals surface area contributed by atoms with Gasteiger partial charge in [0.15, 0.2) is 0 Å². The zero-order chi connectivity index (χ0) is 12.3. The van der Waals surface area contributed by atoms with E-state index in [1.54, 1.807) is 0 Å². The number of benzene rings is 1. The summed E-state index contributed by atoms with van der Waals surface area (Å²) in [7, 11) is 0. The quantitative estimate of drug-likeness (QED) is 0.701. The zero-order valence-electron chi connectivity index (χ0n) is 10.6. The number of hydrogen-bond acceptors (Lipinski definition) is 1. The first-order chi connectivity index (χ1) is 8.36. The fourth-order valence-corrected chi connectivity index (χ4v) is 1.77. The number of aliphatic hydroxyl groups excluding tert-OH is 1. The van der Waals surface area contributed by atoms with Crippen molar-refractivity contribution in [3.8, 4) is 0 Å². The number of allylic oxidation sites excluding steroid dienone is 1. The van der Waals surface area contributed by atoms with E-state index in [9.17, 15) is 0 Å². The molecule has 1 N–H and O–H groups in total. The van der Waals surface area contributed by atoms with Crippen LogP contribution in [0.25, 0.3) is 6.08 Å². The summed E-state index contributed by atoms with van der Waals surface area (Å²) in [5.74, 6) is 0.458. The van der Waals surface area contributed by atoms with E-state index in [0.29, 0.717) is 5.92 Å². The van der Waals surface area contributed by atoms with Crippen LogP contribution in [0, 0.1) is 5.92 Å². The number of rotatable bonds is 7. The standard InChI is InChI=1S/C16H22O/c1-2-3-8-16(13-14-17)12-7-11-15-9-5-4-6-10-15/h4-6,9-12,16-17H,2-3,8,13-14H2,1H3. The summed E-state index contributed by atoms with van der Waals surface area (Å²) in [6.45, 7) is 2.46. The normalized spacial score (nSPS) is 11.6. The van der Waals surface area contributed by atoms with E-state index in [1.807, 2.05) is 24.3 Å². The predicted molar refractivity (Wildman–Crippen MR) is 73.7 cm³/mol. The third-order valence-corrected chi connectivity index (χ3v) is 2.81. The fraction of sp³-hybridized carbons (Fsp3) is 0.438. The van der Waals surface area contributed by atoms with E-state index >= 15 is 0 Å². The highest BCUT2D eigenvalue weighted by Gasteiger charge is 2.02. The average molecular weight is 230 g/mol. The summed E-state index contributed by atoms with van der Waals surface area (Å²) >= 11 is 0. The second-order valence-electron chi connectivity index (χ2n) is 4.30. The van der Waals surface area contributed by atoms with Gasteiger partial charge in [-0.2, -0.15) is 0 Å². The molecule has 1 heteroatoms. The number of aliphatic hydroxyl groups is 1. The van der Waals surface area contributed by atoms with E-state index in [-0.39, 0.29) is 6.61 Å². The molecule has 0 fully saturated rings. The van der Waals surface area contributed by atoms with Crippen LogP contribution in [0.1, 0.15) is 38.2 Å². The first-order valence-corrected chi connectivity index (χ1v) is 6.45. The van der Waals surface area contributed by atoms with Crippen molar-refractivity contribution in [2.45, 2.75) is 32.6 Å². The minimum Gasteiger partial charge on any atom is -0.396 e. The Hall–Kier alpha value is -1.30. The van der Waals surface area contributed by atoms with Crippen molar-refractivity contribution in [3.05, 3.63) is 47.7 Å². The first kappa shape index (κ1) is 13.8. The van der Waals surface area contributed by atoms with E-state index in [4.69, 9.17) is 5.11 Å². The van der Waals surface area contributed by atoms with Crippen LogP contribution in [-0.2, 0) is 0 Å². The van der Waals surface area contributed by atoms with Gasteiger partial charge in [0.2, 0.25) is 0 Å². The van der Waals surface area contributed by atoms with Crippen LogP contribution in [0.15, 0.2) is 42.1 Å². The second-order valence-corrected chi connectivity index (χ2v) is 4.30. The van der Waals surface area contributed by atoms with E-state index < -0.39 is 0 Å². The summed E-state index contributed by atoms with van der Waals surface area (Å²) in [6, 6.07) is 10.2. The topological polar surface area (TPSA) is 20.2 Å². The average Bonchev–Trinajstić information content (AvgIpc) is 2.37. The van der Waals surface area contributed by atoms with Crippen molar-refractivity contribution >= 4 is 6.08 Å². The van der Waals surface area contributed by atoms with Crippen LogP contribution in [0.5, 0.6) is 0 Å². The minimum absolute atomic E-state index is 0.262. The SMILES string of the molecule is CCCCC(C=C=Cc1ccccc1)CCO. The summed E-state index contributed by atoms with van der Waals surface area (Å²) in [5, 5.41) is 8.99. The van der Waals surface area contributed by atoms with Gasteiger partial charge in [0.1, 0.15) is 0 Å². The lowest BCUT2D eigenvalue weighted by Crippen LogP contribution is -1.99. The van der Waals surface area contributed by atoms with Crippen molar-refractivity contribution in [2.75, 3.05) is 6.61 Å². The molecule has 0 aromatic heterocycles. The zero-order valence-corrected chi connectivity index (χ0v) is 10.6. The molecule has 1 aromatic carbocycles. The van der Waals surface area contributed by atoms with Gasteiger partial charge in [-0.1, -0.05) is 50.1 Å². The third-order valence-electron chi connectivity index (χ3n) is 2.81. The molecule has 0 heterocycles. The van der Waals surface area contributed by atoms with Gasteiger partial charge in [-0.25, -0.2) is 0 Å². The van der Waals surface area contributed by atoms with Crippen LogP contribution in [0.2, 0.25) is 0 Å². The second kappa shape index (κ2) is 8.81. The van der Waals surface area contributed by atoms with E-state index in [2.05, 4.69) is 30.9 Å². The first-order valence-electron chi connectivity index (χ1n) is 6.45. The number of unbranched alkanes of at least 4 members (excludes halogenated alkanes) is 1. The lowest BCUT2D eigenvalue weighted by Gasteiger charge is -2.08. The Morgan fingerprint density at radius 1 is 1.24 bits per heavy atom. The number of hydrogen-bond donors (Lipinski definition) is 1. The molecule has 1 aromatic rings. The van der Waals surface area contributed by atoms with E-state index in [0.717, 1.165) is 12.8 Å². The van der Waals surface area contributed by atoms with Gasteiger partial charge in [-0.05, 0) is 36.5 Å². The smallest absolute Gasteiger partial charge is 0.0436 e. The van der Waals surface area contributed by atoms with Gasteiger partial charge in [-0.3, -0.25) is 0 Å². The molecule has 17 heavy (non-hydrogen) atoms. The molecular weight excluding hydrogens is 208 g/mol. The maximum atomic E-state index is 8.99. The van der Waals surface area contributed by atoms with Gasteiger partial charge in [0.25, 0.3) is 0 Å². The Morgan fingerprint density at radius 3 is 2.65 bits per heavy atom. The molecule has 0 spiro atoms.